The first-order valence-corrected chi connectivity index (χ1v) is 10.4. The lowest BCUT2D eigenvalue weighted by Gasteiger charge is -2.11. The number of ether oxygens (including phenoxy) is 2. The number of aryl methyl sites for hydroxylation is 1. The first-order chi connectivity index (χ1) is 15.9. The van der Waals surface area contributed by atoms with Gasteiger partial charge in [0, 0.05) is 34.3 Å². The summed E-state index contributed by atoms with van der Waals surface area (Å²) in [6.07, 6.45) is 3.16. The Hall–Kier alpha value is -4.06. The maximum Gasteiger partial charge on any atom is 0.248 e. The number of hydrogen-bond donors (Lipinski definition) is 1. The van der Waals surface area contributed by atoms with E-state index in [0.29, 0.717) is 28.2 Å². The number of rotatable bonds is 6. The van der Waals surface area contributed by atoms with E-state index in [0.717, 1.165) is 27.8 Å². The second-order valence-corrected chi connectivity index (χ2v) is 7.71. The first kappa shape index (κ1) is 22.1. The molecule has 0 bridgehead atoms. The third-order valence-electron chi connectivity index (χ3n) is 5.49. The fourth-order valence-corrected chi connectivity index (χ4v) is 3.67. The number of hydrogen-bond acceptors (Lipinski definition) is 4. The van der Waals surface area contributed by atoms with Gasteiger partial charge in [0.1, 0.15) is 22.9 Å². The van der Waals surface area contributed by atoms with Gasteiger partial charge >= 0.3 is 0 Å². The van der Waals surface area contributed by atoms with Crippen molar-refractivity contribution in [1.82, 2.24) is 0 Å². The maximum atomic E-state index is 13.8. The minimum atomic E-state index is -0.370. The molecule has 0 atom stereocenters. The quantitative estimate of drug-likeness (QED) is 0.339. The van der Waals surface area contributed by atoms with E-state index in [-0.39, 0.29) is 11.7 Å². The van der Waals surface area contributed by atoms with Crippen LogP contribution in [0.3, 0.4) is 0 Å². The molecule has 0 fully saturated rings. The standard InChI is InChI=1S/C27H24FNO4/c1-16-8-9-19(12-24(16)28)29-27(30)10-17(2)21-13-22-23(15-33-26(22)14-25(21)32-4)18-6-5-7-20(11-18)31-3/h5-15H,1-4H3,(H,29,30)/b17-10+. The Labute approximate surface area is 191 Å². The topological polar surface area (TPSA) is 60.7 Å². The van der Waals surface area contributed by atoms with Crippen molar-refractivity contribution in [1.29, 1.82) is 0 Å². The Balaban J connectivity index is 1.70. The number of anilines is 1. The molecule has 1 heterocycles. The number of carbonyl (C=O) groups excluding carboxylic acids is 1. The van der Waals surface area contributed by atoms with E-state index in [1.165, 1.54) is 12.1 Å². The van der Waals surface area contributed by atoms with Gasteiger partial charge in [0.15, 0.2) is 0 Å². The van der Waals surface area contributed by atoms with Gasteiger partial charge in [-0.2, -0.15) is 0 Å². The van der Waals surface area contributed by atoms with Crippen molar-refractivity contribution in [2.75, 3.05) is 19.5 Å². The van der Waals surface area contributed by atoms with Crippen LogP contribution in [-0.2, 0) is 4.79 Å². The van der Waals surface area contributed by atoms with E-state index in [1.807, 2.05) is 37.3 Å². The zero-order valence-electron chi connectivity index (χ0n) is 18.9. The molecule has 5 nitrogen and oxygen atoms in total. The monoisotopic (exact) mass is 445 g/mol. The smallest absolute Gasteiger partial charge is 0.248 e. The second-order valence-electron chi connectivity index (χ2n) is 7.71. The molecular weight excluding hydrogens is 421 g/mol. The predicted octanol–water partition coefficient (Wildman–Crippen LogP) is 6.61. The van der Waals surface area contributed by atoms with Gasteiger partial charge in [-0.1, -0.05) is 18.2 Å². The van der Waals surface area contributed by atoms with Gasteiger partial charge in [-0.25, -0.2) is 4.39 Å². The number of fused-ring (bicyclic) bond motifs is 1. The van der Waals surface area contributed by atoms with E-state index in [2.05, 4.69) is 5.32 Å². The molecule has 0 unspecified atom stereocenters. The molecule has 0 saturated heterocycles. The van der Waals surface area contributed by atoms with E-state index in [1.54, 1.807) is 45.6 Å². The summed E-state index contributed by atoms with van der Waals surface area (Å²) in [7, 11) is 3.19. The number of carbonyl (C=O) groups is 1. The molecule has 0 radical (unpaired) electrons. The molecule has 4 rings (SSSR count). The molecule has 33 heavy (non-hydrogen) atoms. The highest BCUT2D eigenvalue weighted by atomic mass is 19.1. The van der Waals surface area contributed by atoms with Crippen LogP contribution in [0.15, 0.2) is 71.4 Å². The molecule has 0 spiro atoms. The van der Waals surface area contributed by atoms with Crippen LogP contribution in [0.2, 0.25) is 0 Å². The highest BCUT2D eigenvalue weighted by Crippen LogP contribution is 2.38. The van der Waals surface area contributed by atoms with Crippen LogP contribution in [-0.4, -0.2) is 20.1 Å². The van der Waals surface area contributed by atoms with Gasteiger partial charge in [-0.15, -0.1) is 0 Å². The molecule has 0 aliphatic heterocycles. The van der Waals surface area contributed by atoms with Crippen LogP contribution in [0.4, 0.5) is 10.1 Å². The number of benzene rings is 3. The van der Waals surface area contributed by atoms with Gasteiger partial charge in [0.05, 0.1) is 20.5 Å². The molecule has 1 amide bonds. The summed E-state index contributed by atoms with van der Waals surface area (Å²) in [5.74, 6) is 0.594. The van der Waals surface area contributed by atoms with E-state index >= 15 is 0 Å². The number of halogens is 1. The minimum Gasteiger partial charge on any atom is -0.497 e. The van der Waals surface area contributed by atoms with Gasteiger partial charge in [0.2, 0.25) is 5.91 Å². The number of amides is 1. The molecule has 3 aromatic carbocycles. The van der Waals surface area contributed by atoms with E-state index < -0.39 is 0 Å². The van der Waals surface area contributed by atoms with Crippen LogP contribution in [0.5, 0.6) is 11.5 Å². The van der Waals surface area contributed by atoms with Crippen LogP contribution >= 0.6 is 0 Å². The zero-order chi connectivity index (χ0) is 23.5. The highest BCUT2D eigenvalue weighted by molar-refractivity contribution is 6.05. The highest BCUT2D eigenvalue weighted by Gasteiger charge is 2.15. The van der Waals surface area contributed by atoms with Crippen molar-refractivity contribution in [3.8, 4) is 22.6 Å². The molecule has 4 aromatic rings. The Morgan fingerprint density at radius 2 is 1.88 bits per heavy atom. The maximum absolute atomic E-state index is 13.8. The summed E-state index contributed by atoms with van der Waals surface area (Å²) in [4.78, 5) is 12.6. The van der Waals surface area contributed by atoms with Gasteiger partial charge in [-0.3, -0.25) is 4.79 Å². The van der Waals surface area contributed by atoms with Crippen molar-refractivity contribution in [2.24, 2.45) is 0 Å². The fourth-order valence-electron chi connectivity index (χ4n) is 3.67. The number of furan rings is 1. The third kappa shape index (κ3) is 4.60. The van der Waals surface area contributed by atoms with Gasteiger partial charge < -0.3 is 19.2 Å². The van der Waals surface area contributed by atoms with Crippen LogP contribution in [0, 0.1) is 12.7 Å². The molecule has 1 N–H and O–H groups in total. The summed E-state index contributed by atoms with van der Waals surface area (Å²) < 4.78 is 30.5. The van der Waals surface area contributed by atoms with E-state index in [4.69, 9.17) is 13.9 Å². The van der Waals surface area contributed by atoms with Gasteiger partial charge in [0.25, 0.3) is 0 Å². The fraction of sp³-hybridized carbons (Fsp3) is 0.148. The minimum absolute atomic E-state index is 0.363. The van der Waals surface area contributed by atoms with Crippen molar-refractivity contribution in [3.05, 3.63) is 83.9 Å². The van der Waals surface area contributed by atoms with Crippen LogP contribution in [0.25, 0.3) is 27.7 Å². The van der Waals surface area contributed by atoms with Crippen molar-refractivity contribution in [2.45, 2.75) is 13.8 Å². The SMILES string of the molecule is COc1cccc(-c2coc3cc(OC)c(/C(C)=C/C(=O)Nc4ccc(C)c(F)c4)cc23)c1. The zero-order valence-corrected chi connectivity index (χ0v) is 18.9. The first-order valence-electron chi connectivity index (χ1n) is 10.4. The van der Waals surface area contributed by atoms with Gasteiger partial charge in [-0.05, 0) is 60.9 Å². The lowest BCUT2D eigenvalue weighted by Crippen LogP contribution is -2.09. The lowest BCUT2D eigenvalue weighted by molar-refractivity contribution is -0.111. The van der Waals surface area contributed by atoms with Crippen molar-refractivity contribution >= 4 is 28.1 Å². The molecule has 0 aliphatic carbocycles. The summed E-state index contributed by atoms with van der Waals surface area (Å²) in [6.45, 7) is 3.49. The summed E-state index contributed by atoms with van der Waals surface area (Å²) in [6, 6.07) is 16.0. The lowest BCUT2D eigenvalue weighted by atomic mass is 9.99. The van der Waals surface area contributed by atoms with E-state index in [9.17, 15) is 9.18 Å². The molecule has 0 aliphatic rings. The summed E-state index contributed by atoms with van der Waals surface area (Å²) in [5, 5.41) is 3.58. The molecule has 1 aromatic heterocycles. The van der Waals surface area contributed by atoms with Crippen molar-refractivity contribution < 1.29 is 23.1 Å². The normalized spacial score (nSPS) is 11.5. The Kier molecular flexibility index (Phi) is 6.18. The Morgan fingerprint density at radius 3 is 2.61 bits per heavy atom. The number of allylic oxidation sites excluding steroid dienone is 1. The number of methoxy groups -OCH3 is 2. The number of nitrogens with one attached hydrogen (secondary N) is 1. The average Bonchev–Trinajstić information content (AvgIpc) is 3.23. The van der Waals surface area contributed by atoms with Crippen LogP contribution < -0.4 is 14.8 Å². The summed E-state index contributed by atoms with van der Waals surface area (Å²) >= 11 is 0. The summed E-state index contributed by atoms with van der Waals surface area (Å²) in [5.41, 5.74) is 4.87. The average molecular weight is 445 g/mol. The Morgan fingerprint density at radius 1 is 1.06 bits per heavy atom. The second kappa shape index (κ2) is 9.20. The molecular formula is C27H24FNO4. The largest absolute Gasteiger partial charge is 0.497 e. The van der Waals surface area contributed by atoms with Crippen molar-refractivity contribution in [3.63, 3.8) is 0 Å². The third-order valence-corrected chi connectivity index (χ3v) is 5.49. The Bertz CT molecular complexity index is 1370. The molecule has 168 valence electrons. The van der Waals surface area contributed by atoms with Crippen LogP contribution in [0.1, 0.15) is 18.1 Å². The molecule has 0 saturated carbocycles. The molecule has 6 heteroatoms. The predicted molar refractivity (Wildman–Crippen MR) is 128 cm³/mol.